The van der Waals surface area contributed by atoms with Gasteiger partial charge in [0, 0.05) is 12.0 Å². The number of nitrogens with zero attached hydrogens (tertiary/aromatic N) is 3. The molecule has 2 aromatic heterocycles. The lowest BCUT2D eigenvalue weighted by Crippen LogP contribution is -2.17. The van der Waals surface area contributed by atoms with Crippen molar-refractivity contribution in [1.82, 2.24) is 19.6 Å². The monoisotopic (exact) mass is 597 g/mol. The molecule has 0 aliphatic heterocycles. The van der Waals surface area contributed by atoms with E-state index in [2.05, 4.69) is 21.6 Å². The van der Waals surface area contributed by atoms with Gasteiger partial charge in [-0.05, 0) is 57.0 Å². The number of nitrogens with one attached hydrogen (secondary N) is 2. The molecule has 0 bridgehead atoms. The number of hydrogen-bond acceptors (Lipinski definition) is 8. The molecule has 4 aromatic rings. The highest BCUT2D eigenvalue weighted by Gasteiger charge is 2.23. The predicted octanol–water partition coefficient (Wildman–Crippen LogP) is 5.29. The van der Waals surface area contributed by atoms with Gasteiger partial charge in [0.2, 0.25) is 0 Å². The molecule has 0 aliphatic rings. The summed E-state index contributed by atoms with van der Waals surface area (Å²) in [5.74, 6) is 2.23. The second-order valence-corrected chi connectivity index (χ2v) is 11.5. The van der Waals surface area contributed by atoms with Gasteiger partial charge in [0.1, 0.15) is 23.1 Å². The van der Waals surface area contributed by atoms with Gasteiger partial charge >= 0.3 is 0 Å². The number of aryl methyl sites for hydroxylation is 2. The minimum absolute atomic E-state index is 0.0405. The lowest BCUT2D eigenvalue weighted by molar-refractivity contribution is 0.341. The maximum absolute atomic E-state index is 13.6. The molecule has 0 saturated heterocycles. The number of aromatic amines is 1. The molecule has 12 heteroatoms. The molecule has 4 rings (SSSR count). The molecule has 2 N–H and O–H groups in total. The maximum atomic E-state index is 13.6. The minimum Gasteiger partial charge on any atom is -0.496 e. The number of fused-ring (bicyclic) bond motifs is 1. The van der Waals surface area contributed by atoms with Crippen molar-refractivity contribution in [3.8, 4) is 28.6 Å². The SMILES string of the molecule is CCCCCCc1nc(C)c2c(=O)[nH]c(-c3cc(S(=O)(=O)Nc4ccc(OC)c(CC)c4OC)ccc3OCC)nn12. The molecule has 0 aliphatic carbocycles. The van der Waals surface area contributed by atoms with Crippen molar-refractivity contribution in [3.05, 3.63) is 57.8 Å². The van der Waals surface area contributed by atoms with Crippen LogP contribution in [0.4, 0.5) is 5.69 Å². The Bertz CT molecular complexity index is 1730. The number of H-pyrrole nitrogens is 1. The van der Waals surface area contributed by atoms with Crippen LogP contribution in [-0.4, -0.2) is 48.8 Å². The molecule has 0 atom stereocenters. The van der Waals surface area contributed by atoms with Crippen LogP contribution in [0.1, 0.15) is 63.5 Å². The van der Waals surface area contributed by atoms with Gasteiger partial charge in [-0.1, -0.05) is 33.1 Å². The predicted molar refractivity (Wildman–Crippen MR) is 163 cm³/mol. The number of sulfonamides is 1. The van der Waals surface area contributed by atoms with Gasteiger partial charge in [-0.25, -0.2) is 17.9 Å². The summed E-state index contributed by atoms with van der Waals surface area (Å²) < 4.78 is 48.3. The van der Waals surface area contributed by atoms with E-state index in [1.165, 1.54) is 19.2 Å². The molecule has 11 nitrogen and oxygen atoms in total. The van der Waals surface area contributed by atoms with Crippen LogP contribution in [0.2, 0.25) is 0 Å². The van der Waals surface area contributed by atoms with Gasteiger partial charge in [-0.3, -0.25) is 9.52 Å². The Kier molecular flexibility index (Phi) is 9.77. The average Bonchev–Trinajstić information content (AvgIpc) is 3.30. The van der Waals surface area contributed by atoms with E-state index >= 15 is 0 Å². The quantitative estimate of drug-likeness (QED) is 0.187. The number of hydrogen-bond donors (Lipinski definition) is 2. The van der Waals surface area contributed by atoms with Gasteiger partial charge in [-0.2, -0.15) is 0 Å². The minimum atomic E-state index is -4.09. The zero-order valence-corrected chi connectivity index (χ0v) is 25.9. The summed E-state index contributed by atoms with van der Waals surface area (Å²) in [5.41, 5.74) is 1.94. The summed E-state index contributed by atoms with van der Waals surface area (Å²) in [6.07, 6.45) is 5.46. The van der Waals surface area contributed by atoms with Crippen molar-refractivity contribution in [2.45, 2.75) is 71.1 Å². The number of ether oxygens (including phenoxy) is 3. The smallest absolute Gasteiger partial charge is 0.277 e. The van der Waals surface area contributed by atoms with Crippen LogP contribution < -0.4 is 24.5 Å². The normalized spacial score (nSPS) is 11.6. The van der Waals surface area contributed by atoms with E-state index in [1.807, 2.05) is 13.8 Å². The van der Waals surface area contributed by atoms with E-state index in [9.17, 15) is 13.2 Å². The first-order chi connectivity index (χ1) is 20.2. The van der Waals surface area contributed by atoms with Crippen LogP contribution in [-0.2, 0) is 22.9 Å². The molecule has 0 saturated carbocycles. The number of aromatic nitrogens is 4. The Balaban J connectivity index is 1.80. The van der Waals surface area contributed by atoms with Crippen molar-refractivity contribution >= 4 is 21.2 Å². The molecule has 0 spiro atoms. The largest absolute Gasteiger partial charge is 0.496 e. The van der Waals surface area contributed by atoms with Crippen LogP contribution in [0.5, 0.6) is 17.2 Å². The molecule has 226 valence electrons. The van der Waals surface area contributed by atoms with E-state index in [0.717, 1.165) is 31.2 Å². The highest BCUT2D eigenvalue weighted by molar-refractivity contribution is 7.92. The highest BCUT2D eigenvalue weighted by Crippen LogP contribution is 2.38. The molecule has 0 radical (unpaired) electrons. The summed E-state index contributed by atoms with van der Waals surface area (Å²) in [5, 5.41) is 4.71. The van der Waals surface area contributed by atoms with Crippen LogP contribution in [0.3, 0.4) is 0 Å². The molecule has 0 amide bonds. The molecular weight excluding hydrogens is 558 g/mol. The molecular formula is C30H39N5O6S. The van der Waals surface area contributed by atoms with Gasteiger partial charge in [0.25, 0.3) is 15.6 Å². The third kappa shape index (κ3) is 6.23. The average molecular weight is 598 g/mol. The Hall–Kier alpha value is -4.06. The number of benzene rings is 2. The molecule has 2 heterocycles. The van der Waals surface area contributed by atoms with Gasteiger partial charge < -0.3 is 19.2 Å². The molecule has 2 aromatic carbocycles. The highest BCUT2D eigenvalue weighted by atomic mass is 32.2. The third-order valence-corrected chi connectivity index (χ3v) is 8.42. The molecule has 0 fully saturated rings. The first-order valence-electron chi connectivity index (χ1n) is 14.2. The summed E-state index contributed by atoms with van der Waals surface area (Å²) in [6, 6.07) is 7.74. The summed E-state index contributed by atoms with van der Waals surface area (Å²) in [6.45, 7) is 8.02. The van der Waals surface area contributed by atoms with Crippen LogP contribution >= 0.6 is 0 Å². The zero-order chi connectivity index (χ0) is 30.4. The van der Waals surface area contributed by atoms with E-state index in [-0.39, 0.29) is 22.0 Å². The number of methoxy groups -OCH3 is 2. The fourth-order valence-electron chi connectivity index (χ4n) is 5.02. The Morgan fingerprint density at radius 2 is 1.76 bits per heavy atom. The number of rotatable bonds is 14. The van der Waals surface area contributed by atoms with E-state index < -0.39 is 10.0 Å². The van der Waals surface area contributed by atoms with Crippen LogP contribution in [0.25, 0.3) is 16.9 Å². The molecule has 0 unspecified atom stereocenters. The van der Waals surface area contributed by atoms with E-state index in [4.69, 9.17) is 19.3 Å². The standard InChI is InChI=1S/C30H39N5O6S/c1-7-10-11-12-13-26-31-19(4)27-30(36)32-29(33-35(26)27)22-18-20(14-16-25(22)41-9-3)42(37,38)34-23-15-17-24(39-5)21(8-2)28(23)40-6/h14-18,34H,7-13H2,1-6H3,(H,32,33,36). The van der Waals surface area contributed by atoms with Gasteiger partial charge in [-0.15, -0.1) is 5.10 Å². The van der Waals surface area contributed by atoms with Crippen LogP contribution in [0, 0.1) is 6.92 Å². The summed E-state index contributed by atoms with van der Waals surface area (Å²) >= 11 is 0. The van der Waals surface area contributed by atoms with E-state index in [1.54, 1.807) is 36.7 Å². The van der Waals surface area contributed by atoms with E-state index in [0.29, 0.717) is 59.3 Å². The van der Waals surface area contributed by atoms with Gasteiger partial charge in [0.05, 0.1) is 42.7 Å². The van der Waals surface area contributed by atoms with Crippen LogP contribution in [0.15, 0.2) is 40.0 Å². The van der Waals surface area contributed by atoms with Crippen molar-refractivity contribution in [3.63, 3.8) is 0 Å². The fraction of sp³-hybridized carbons (Fsp3) is 0.433. The Morgan fingerprint density at radius 3 is 2.43 bits per heavy atom. The molecule has 42 heavy (non-hydrogen) atoms. The second-order valence-electron chi connectivity index (χ2n) is 9.86. The third-order valence-electron chi connectivity index (χ3n) is 7.05. The second kappa shape index (κ2) is 13.3. The lowest BCUT2D eigenvalue weighted by Gasteiger charge is -2.18. The topological polar surface area (TPSA) is 137 Å². The Morgan fingerprint density at radius 1 is 1.00 bits per heavy atom. The van der Waals surface area contributed by atoms with Crippen molar-refractivity contribution in [2.24, 2.45) is 0 Å². The Labute approximate surface area is 246 Å². The number of unbranched alkanes of at least 4 members (excludes halogenated alkanes) is 3. The first-order valence-corrected chi connectivity index (χ1v) is 15.7. The lowest BCUT2D eigenvalue weighted by atomic mass is 10.1. The summed E-state index contributed by atoms with van der Waals surface area (Å²) in [4.78, 5) is 20.6. The first kappa shape index (κ1) is 30.9. The van der Waals surface area contributed by atoms with Crippen molar-refractivity contribution < 1.29 is 22.6 Å². The van der Waals surface area contributed by atoms with Gasteiger partial charge in [0.15, 0.2) is 11.3 Å². The number of imidazole rings is 1. The maximum Gasteiger partial charge on any atom is 0.277 e. The van der Waals surface area contributed by atoms with Crippen molar-refractivity contribution in [2.75, 3.05) is 25.5 Å². The van der Waals surface area contributed by atoms with Crippen molar-refractivity contribution in [1.29, 1.82) is 0 Å². The summed E-state index contributed by atoms with van der Waals surface area (Å²) in [7, 11) is -1.06. The fourth-order valence-corrected chi connectivity index (χ4v) is 6.11. The zero-order valence-electron chi connectivity index (χ0n) is 25.0. The number of anilines is 1.